The van der Waals surface area contributed by atoms with E-state index >= 15 is 0 Å². The molecule has 3 rings (SSSR count). The maximum Gasteiger partial charge on any atom is 0.243 e. The van der Waals surface area contributed by atoms with Gasteiger partial charge in [-0.2, -0.15) is 0 Å². The zero-order chi connectivity index (χ0) is 19.2. The molecule has 6 nitrogen and oxygen atoms in total. The number of hydrogen-bond donors (Lipinski definition) is 2. The van der Waals surface area contributed by atoms with Crippen LogP contribution in [0.5, 0.6) is 5.75 Å². The number of para-hydroxylation sites is 1. The van der Waals surface area contributed by atoms with Crippen LogP contribution in [0.25, 0.3) is 0 Å². The van der Waals surface area contributed by atoms with Crippen molar-refractivity contribution in [2.45, 2.75) is 51.2 Å². The smallest absolute Gasteiger partial charge is 0.243 e. The molecule has 3 atom stereocenters. The summed E-state index contributed by atoms with van der Waals surface area (Å²) in [6.45, 7) is 3.10. The van der Waals surface area contributed by atoms with E-state index in [0.717, 1.165) is 18.6 Å². The summed E-state index contributed by atoms with van der Waals surface area (Å²) in [5.74, 6) is 2.29. The van der Waals surface area contributed by atoms with Gasteiger partial charge < -0.3 is 20.3 Å². The van der Waals surface area contributed by atoms with Gasteiger partial charge in [0.2, 0.25) is 5.91 Å². The van der Waals surface area contributed by atoms with Gasteiger partial charge in [0, 0.05) is 26.6 Å². The molecule has 1 fully saturated rings. The number of benzene rings is 1. The first-order chi connectivity index (χ1) is 13.0. The number of hydrogen-bond acceptors (Lipinski definition) is 3. The predicted molar refractivity (Wildman–Crippen MR) is 124 cm³/mol. The summed E-state index contributed by atoms with van der Waals surface area (Å²) in [5, 5.41) is 6.96. The van der Waals surface area contributed by atoms with Crippen molar-refractivity contribution in [3.05, 3.63) is 29.8 Å². The quantitative estimate of drug-likeness (QED) is 0.371. The number of ether oxygens (including phenoxy) is 1. The van der Waals surface area contributed by atoms with Crippen molar-refractivity contribution in [3.8, 4) is 5.75 Å². The first kappa shape index (κ1) is 22.8. The van der Waals surface area contributed by atoms with Crippen molar-refractivity contribution < 1.29 is 9.53 Å². The fraction of sp³-hybridized carbons (Fsp3) is 0.619. The molecule has 0 saturated heterocycles. The van der Waals surface area contributed by atoms with E-state index in [0.29, 0.717) is 24.5 Å². The van der Waals surface area contributed by atoms with Crippen molar-refractivity contribution in [2.75, 3.05) is 27.2 Å². The van der Waals surface area contributed by atoms with E-state index in [2.05, 4.69) is 28.6 Å². The first-order valence-electron chi connectivity index (χ1n) is 10.0. The van der Waals surface area contributed by atoms with Gasteiger partial charge in [-0.1, -0.05) is 38.0 Å². The molecule has 28 heavy (non-hydrogen) atoms. The average molecular weight is 500 g/mol. The lowest BCUT2D eigenvalue weighted by atomic mass is 9.86. The zero-order valence-electron chi connectivity index (χ0n) is 17.1. The number of likely N-dealkylation sites (N-methyl/N-ethyl adjacent to an activating group) is 1. The summed E-state index contributed by atoms with van der Waals surface area (Å²) in [6.07, 6.45) is 5.91. The van der Waals surface area contributed by atoms with Gasteiger partial charge in [0.05, 0.1) is 6.54 Å². The van der Waals surface area contributed by atoms with Crippen LogP contribution in [0.15, 0.2) is 29.3 Å². The minimum atomic E-state index is -0.00249. The van der Waals surface area contributed by atoms with E-state index in [1.165, 1.54) is 24.8 Å². The highest BCUT2D eigenvalue weighted by molar-refractivity contribution is 14.0. The molecule has 1 aliphatic heterocycles. The number of carbonyl (C=O) groups excluding carboxylic acids is 1. The maximum atomic E-state index is 12.0. The molecule has 0 aromatic heterocycles. The number of nitrogens with one attached hydrogen (secondary N) is 2. The van der Waals surface area contributed by atoms with Gasteiger partial charge in [-0.05, 0) is 30.4 Å². The van der Waals surface area contributed by atoms with Gasteiger partial charge in [-0.3, -0.25) is 4.79 Å². The number of rotatable bonds is 5. The summed E-state index contributed by atoms with van der Waals surface area (Å²) in [6, 6.07) is 8.58. The normalized spacial score (nSPS) is 23.8. The Bertz CT molecular complexity index is 655. The molecule has 1 aliphatic carbocycles. The third-order valence-electron chi connectivity index (χ3n) is 5.52. The minimum absolute atomic E-state index is 0. The van der Waals surface area contributed by atoms with E-state index in [1.807, 2.05) is 18.2 Å². The minimum Gasteiger partial charge on any atom is -0.488 e. The Balaban J connectivity index is 0.00000280. The number of amides is 1. The average Bonchev–Trinajstić information content (AvgIpc) is 3.08. The SMILES string of the molecule is CC1CCCCC1NC(=NCC(=O)N(C)C)NCC1Cc2ccccc2O1.I. The molecule has 1 aromatic carbocycles. The van der Waals surface area contributed by atoms with Crippen molar-refractivity contribution in [1.29, 1.82) is 0 Å². The van der Waals surface area contributed by atoms with E-state index in [1.54, 1.807) is 19.0 Å². The van der Waals surface area contributed by atoms with Crippen LogP contribution >= 0.6 is 24.0 Å². The van der Waals surface area contributed by atoms with Crippen LogP contribution in [0.3, 0.4) is 0 Å². The van der Waals surface area contributed by atoms with Crippen molar-refractivity contribution in [1.82, 2.24) is 15.5 Å². The highest BCUT2D eigenvalue weighted by atomic mass is 127. The van der Waals surface area contributed by atoms with Gasteiger partial charge in [-0.15, -0.1) is 24.0 Å². The van der Waals surface area contributed by atoms with Gasteiger partial charge >= 0.3 is 0 Å². The number of fused-ring (bicyclic) bond motifs is 1. The molecule has 1 saturated carbocycles. The number of carbonyl (C=O) groups is 1. The summed E-state index contributed by atoms with van der Waals surface area (Å²) < 4.78 is 6.01. The molecule has 0 bridgehead atoms. The van der Waals surface area contributed by atoms with Crippen LogP contribution in [0, 0.1) is 5.92 Å². The highest BCUT2D eigenvalue weighted by Crippen LogP contribution is 2.27. The molecular formula is C21H33IN4O2. The van der Waals surface area contributed by atoms with E-state index in [-0.39, 0.29) is 42.5 Å². The van der Waals surface area contributed by atoms with E-state index in [4.69, 9.17) is 4.74 Å². The molecule has 1 amide bonds. The predicted octanol–water partition coefficient (Wildman–Crippen LogP) is 2.81. The Labute approximate surface area is 185 Å². The van der Waals surface area contributed by atoms with Crippen LogP contribution < -0.4 is 15.4 Å². The van der Waals surface area contributed by atoms with Crippen LogP contribution in [0.4, 0.5) is 0 Å². The Kier molecular flexibility index (Phi) is 8.85. The number of guanidine groups is 1. The third-order valence-corrected chi connectivity index (χ3v) is 5.52. The van der Waals surface area contributed by atoms with Crippen LogP contribution in [0.2, 0.25) is 0 Å². The van der Waals surface area contributed by atoms with E-state index < -0.39 is 0 Å². The zero-order valence-corrected chi connectivity index (χ0v) is 19.4. The molecule has 156 valence electrons. The Morgan fingerprint density at radius 1 is 1.25 bits per heavy atom. The Morgan fingerprint density at radius 2 is 2.00 bits per heavy atom. The highest BCUT2D eigenvalue weighted by Gasteiger charge is 2.25. The lowest BCUT2D eigenvalue weighted by Gasteiger charge is -2.31. The van der Waals surface area contributed by atoms with Gasteiger partial charge in [0.25, 0.3) is 0 Å². The Morgan fingerprint density at radius 3 is 2.71 bits per heavy atom. The molecule has 0 spiro atoms. The van der Waals surface area contributed by atoms with Crippen molar-refractivity contribution in [2.24, 2.45) is 10.9 Å². The summed E-state index contributed by atoms with van der Waals surface area (Å²) in [7, 11) is 3.51. The van der Waals surface area contributed by atoms with Gasteiger partial charge in [-0.25, -0.2) is 4.99 Å². The fourth-order valence-electron chi connectivity index (χ4n) is 3.73. The fourth-order valence-corrected chi connectivity index (χ4v) is 3.73. The topological polar surface area (TPSA) is 66.0 Å². The lowest BCUT2D eigenvalue weighted by Crippen LogP contribution is -2.49. The number of halogens is 1. The molecule has 1 aromatic rings. The molecule has 2 N–H and O–H groups in total. The molecule has 1 heterocycles. The number of aliphatic imine (C=N–C) groups is 1. The Hall–Kier alpha value is -1.51. The largest absolute Gasteiger partial charge is 0.488 e. The molecule has 3 unspecified atom stereocenters. The van der Waals surface area contributed by atoms with Crippen molar-refractivity contribution in [3.63, 3.8) is 0 Å². The second kappa shape index (κ2) is 10.9. The summed E-state index contributed by atoms with van der Waals surface area (Å²) in [5.41, 5.74) is 1.25. The molecular weight excluding hydrogens is 467 g/mol. The van der Waals surface area contributed by atoms with E-state index in [9.17, 15) is 4.79 Å². The number of nitrogens with zero attached hydrogens (tertiary/aromatic N) is 2. The second-order valence-corrected chi connectivity index (χ2v) is 7.90. The second-order valence-electron chi connectivity index (χ2n) is 7.90. The summed E-state index contributed by atoms with van der Waals surface area (Å²) >= 11 is 0. The standard InChI is InChI=1S/C21H32N4O2.HI/c1-15-8-4-6-10-18(15)24-21(23-14-20(26)25(2)3)22-13-17-12-16-9-5-7-11-19(16)27-17;/h5,7,9,11,15,17-18H,4,6,8,10,12-14H2,1-3H3,(H2,22,23,24);1H. The van der Waals surface area contributed by atoms with Gasteiger partial charge in [0.15, 0.2) is 5.96 Å². The molecule has 0 radical (unpaired) electrons. The van der Waals surface area contributed by atoms with Gasteiger partial charge in [0.1, 0.15) is 18.4 Å². The lowest BCUT2D eigenvalue weighted by molar-refractivity contribution is -0.127. The maximum absolute atomic E-state index is 12.0. The first-order valence-corrected chi connectivity index (χ1v) is 10.0. The van der Waals surface area contributed by atoms with Crippen LogP contribution in [-0.2, 0) is 11.2 Å². The van der Waals surface area contributed by atoms with Crippen molar-refractivity contribution >= 4 is 35.8 Å². The monoisotopic (exact) mass is 500 g/mol. The van der Waals surface area contributed by atoms with Crippen LogP contribution in [0.1, 0.15) is 38.2 Å². The molecule has 7 heteroatoms. The third kappa shape index (κ3) is 6.25. The summed E-state index contributed by atoms with van der Waals surface area (Å²) in [4.78, 5) is 18.1. The van der Waals surface area contributed by atoms with Crippen LogP contribution in [-0.4, -0.2) is 56.1 Å². The molecule has 2 aliphatic rings.